The van der Waals surface area contributed by atoms with Crippen molar-refractivity contribution >= 4 is 23.3 Å². The minimum atomic E-state index is -1.08. The van der Waals surface area contributed by atoms with Crippen molar-refractivity contribution in [1.82, 2.24) is 0 Å². The normalized spacial score (nSPS) is 12.9. The molecule has 2 rings (SSSR count). The lowest BCUT2D eigenvalue weighted by atomic mass is 10.1. The number of hydrogen-bond donors (Lipinski definition) is 3. The van der Waals surface area contributed by atoms with Crippen LogP contribution in [0.3, 0.4) is 0 Å². The standard InChI is InChI=1S/C18H21N3O4/c1-11(17(22)25-15-8-6-14(20)7-9-15)24-18(23)16(21)10-12-2-4-13(19)5-3-12/h2-9,11,16H,10,19-21H2,1H3. The van der Waals surface area contributed by atoms with E-state index in [9.17, 15) is 9.59 Å². The van der Waals surface area contributed by atoms with E-state index in [1.807, 2.05) is 0 Å². The van der Waals surface area contributed by atoms with E-state index in [0.717, 1.165) is 5.56 Å². The predicted octanol–water partition coefficient (Wildman–Crippen LogP) is 1.26. The summed E-state index contributed by atoms with van der Waals surface area (Å²) in [6, 6.07) is 12.4. The molecule has 6 N–H and O–H groups in total. The van der Waals surface area contributed by atoms with Crippen molar-refractivity contribution in [2.75, 3.05) is 11.5 Å². The van der Waals surface area contributed by atoms with Gasteiger partial charge in [-0.25, -0.2) is 4.79 Å². The SMILES string of the molecule is CC(OC(=O)C(N)Cc1ccc(N)cc1)C(=O)Oc1ccc(N)cc1. The van der Waals surface area contributed by atoms with Crippen LogP contribution >= 0.6 is 0 Å². The third-order valence-electron chi connectivity index (χ3n) is 3.46. The highest BCUT2D eigenvalue weighted by atomic mass is 16.6. The van der Waals surface area contributed by atoms with E-state index < -0.39 is 24.1 Å². The van der Waals surface area contributed by atoms with Crippen LogP contribution in [0, 0.1) is 0 Å². The molecule has 2 unspecified atom stereocenters. The van der Waals surface area contributed by atoms with E-state index in [1.54, 1.807) is 48.5 Å². The summed E-state index contributed by atoms with van der Waals surface area (Å²) in [6.45, 7) is 1.42. The number of carbonyl (C=O) groups is 2. The quantitative estimate of drug-likeness (QED) is 0.409. The van der Waals surface area contributed by atoms with Crippen LogP contribution in [-0.2, 0) is 20.7 Å². The molecule has 7 heteroatoms. The summed E-state index contributed by atoms with van der Waals surface area (Å²) in [6.07, 6.45) is -0.804. The summed E-state index contributed by atoms with van der Waals surface area (Å²) in [5.74, 6) is -1.07. The van der Waals surface area contributed by atoms with Crippen molar-refractivity contribution in [2.24, 2.45) is 5.73 Å². The van der Waals surface area contributed by atoms with E-state index in [-0.39, 0.29) is 6.42 Å². The Morgan fingerprint density at radius 2 is 1.44 bits per heavy atom. The summed E-state index contributed by atoms with van der Waals surface area (Å²) < 4.78 is 10.2. The molecule has 0 heterocycles. The first-order valence-corrected chi connectivity index (χ1v) is 7.73. The molecule has 132 valence electrons. The monoisotopic (exact) mass is 343 g/mol. The number of esters is 2. The lowest BCUT2D eigenvalue weighted by molar-refractivity contribution is -0.162. The van der Waals surface area contributed by atoms with Gasteiger partial charge in [-0.3, -0.25) is 4.79 Å². The fraction of sp³-hybridized carbons (Fsp3) is 0.222. The number of rotatable bonds is 6. The average molecular weight is 343 g/mol. The Balaban J connectivity index is 1.86. The maximum absolute atomic E-state index is 12.0. The van der Waals surface area contributed by atoms with Crippen LogP contribution in [0.1, 0.15) is 12.5 Å². The second-order valence-corrected chi connectivity index (χ2v) is 5.62. The fourth-order valence-corrected chi connectivity index (χ4v) is 2.04. The number of benzene rings is 2. The van der Waals surface area contributed by atoms with E-state index >= 15 is 0 Å². The van der Waals surface area contributed by atoms with E-state index in [2.05, 4.69) is 0 Å². The van der Waals surface area contributed by atoms with Gasteiger partial charge >= 0.3 is 11.9 Å². The van der Waals surface area contributed by atoms with Crippen LogP contribution in [0.15, 0.2) is 48.5 Å². The number of carbonyl (C=O) groups excluding carboxylic acids is 2. The second kappa shape index (κ2) is 8.16. The molecule has 0 fully saturated rings. The van der Waals surface area contributed by atoms with Crippen molar-refractivity contribution in [2.45, 2.75) is 25.5 Å². The van der Waals surface area contributed by atoms with E-state index in [4.69, 9.17) is 26.7 Å². The molecular weight excluding hydrogens is 322 g/mol. The highest BCUT2D eigenvalue weighted by molar-refractivity contribution is 5.82. The Bertz CT molecular complexity index is 729. The Labute approximate surface area is 145 Å². The molecule has 0 saturated heterocycles. The minimum absolute atomic E-state index is 0.277. The second-order valence-electron chi connectivity index (χ2n) is 5.62. The van der Waals surface area contributed by atoms with Crippen molar-refractivity contribution in [1.29, 1.82) is 0 Å². The smallest absolute Gasteiger partial charge is 0.352 e. The molecule has 0 aliphatic rings. The molecular formula is C18H21N3O4. The molecule has 0 radical (unpaired) electrons. The first-order valence-electron chi connectivity index (χ1n) is 7.73. The molecule has 2 aromatic rings. The molecule has 25 heavy (non-hydrogen) atoms. The zero-order valence-electron chi connectivity index (χ0n) is 13.8. The number of hydrogen-bond acceptors (Lipinski definition) is 7. The Morgan fingerprint density at radius 3 is 2.00 bits per heavy atom. The molecule has 0 amide bonds. The van der Waals surface area contributed by atoms with Crippen LogP contribution in [0.4, 0.5) is 11.4 Å². The van der Waals surface area contributed by atoms with Gasteiger partial charge in [0.1, 0.15) is 11.8 Å². The third-order valence-corrected chi connectivity index (χ3v) is 3.46. The molecule has 2 aromatic carbocycles. The van der Waals surface area contributed by atoms with Crippen molar-refractivity contribution < 1.29 is 19.1 Å². The van der Waals surface area contributed by atoms with Gasteiger partial charge in [0.2, 0.25) is 0 Å². The van der Waals surface area contributed by atoms with Gasteiger partial charge in [-0.05, 0) is 55.3 Å². The van der Waals surface area contributed by atoms with Crippen molar-refractivity contribution in [3.63, 3.8) is 0 Å². The first-order chi connectivity index (χ1) is 11.8. The third kappa shape index (κ3) is 5.50. The highest BCUT2D eigenvalue weighted by Crippen LogP contribution is 2.14. The molecule has 0 spiro atoms. The number of ether oxygens (including phenoxy) is 2. The number of anilines is 2. The van der Waals surface area contributed by atoms with Crippen molar-refractivity contribution in [3.8, 4) is 5.75 Å². The van der Waals surface area contributed by atoms with Gasteiger partial charge in [-0.1, -0.05) is 12.1 Å². The molecule has 0 aliphatic heterocycles. The fourth-order valence-electron chi connectivity index (χ4n) is 2.04. The maximum atomic E-state index is 12.0. The summed E-state index contributed by atoms with van der Waals surface area (Å²) in [5, 5.41) is 0. The topological polar surface area (TPSA) is 131 Å². The van der Waals surface area contributed by atoms with E-state index in [0.29, 0.717) is 17.1 Å². The molecule has 0 bridgehead atoms. The van der Waals surface area contributed by atoms with Gasteiger partial charge in [0.15, 0.2) is 6.10 Å². The van der Waals surface area contributed by atoms with E-state index in [1.165, 1.54) is 6.92 Å². The summed E-state index contributed by atoms with van der Waals surface area (Å²) >= 11 is 0. The first kappa shape index (κ1) is 18.3. The van der Waals surface area contributed by atoms with Crippen molar-refractivity contribution in [3.05, 3.63) is 54.1 Å². The van der Waals surface area contributed by atoms with Gasteiger partial charge in [-0.2, -0.15) is 0 Å². The minimum Gasteiger partial charge on any atom is -0.449 e. The molecule has 0 saturated carbocycles. The predicted molar refractivity (Wildman–Crippen MR) is 94.6 cm³/mol. The van der Waals surface area contributed by atoms with Gasteiger partial charge in [0.25, 0.3) is 0 Å². The van der Waals surface area contributed by atoms with Crippen LogP contribution < -0.4 is 21.9 Å². The molecule has 0 aromatic heterocycles. The van der Waals surface area contributed by atoms with Crippen LogP contribution in [0.2, 0.25) is 0 Å². The summed E-state index contributed by atoms with van der Waals surface area (Å²) in [7, 11) is 0. The highest BCUT2D eigenvalue weighted by Gasteiger charge is 2.24. The van der Waals surface area contributed by atoms with Gasteiger partial charge in [0, 0.05) is 11.4 Å². The van der Waals surface area contributed by atoms with Crippen LogP contribution in [0.5, 0.6) is 5.75 Å². The zero-order valence-corrected chi connectivity index (χ0v) is 13.8. The van der Waals surface area contributed by atoms with Crippen LogP contribution in [-0.4, -0.2) is 24.1 Å². The lowest BCUT2D eigenvalue weighted by Gasteiger charge is -2.16. The van der Waals surface area contributed by atoms with Gasteiger partial charge in [0.05, 0.1) is 0 Å². The van der Waals surface area contributed by atoms with Crippen LogP contribution in [0.25, 0.3) is 0 Å². The molecule has 0 aliphatic carbocycles. The number of nitrogen functional groups attached to an aromatic ring is 2. The van der Waals surface area contributed by atoms with Gasteiger partial charge in [-0.15, -0.1) is 0 Å². The lowest BCUT2D eigenvalue weighted by Crippen LogP contribution is -2.39. The Morgan fingerprint density at radius 1 is 0.920 bits per heavy atom. The summed E-state index contributed by atoms with van der Waals surface area (Å²) in [4.78, 5) is 24.0. The summed E-state index contributed by atoms with van der Waals surface area (Å²) in [5.41, 5.74) is 19.0. The maximum Gasteiger partial charge on any atom is 0.352 e. The van der Waals surface area contributed by atoms with Gasteiger partial charge < -0.3 is 26.7 Å². The Kier molecular flexibility index (Phi) is 5.97. The largest absolute Gasteiger partial charge is 0.449 e. The zero-order chi connectivity index (χ0) is 18.4. The average Bonchev–Trinajstić information content (AvgIpc) is 2.58. The number of nitrogens with two attached hydrogens (primary N) is 3. The Hall–Kier alpha value is -3.06. The molecule has 7 nitrogen and oxygen atoms in total. The molecule has 2 atom stereocenters.